The van der Waals surface area contributed by atoms with E-state index in [2.05, 4.69) is 57.5 Å². The number of hydrogen-bond donors (Lipinski definition) is 2. The van der Waals surface area contributed by atoms with Gasteiger partial charge in [-0.15, -0.1) is 0 Å². The molecular formula is C22H28N6S. The Morgan fingerprint density at radius 2 is 1.72 bits per heavy atom. The first-order valence-corrected chi connectivity index (χ1v) is 10.7. The van der Waals surface area contributed by atoms with E-state index in [0.29, 0.717) is 11.1 Å². The number of nitrogens with one attached hydrogen (secondary N) is 2. The molecule has 2 N–H and O–H groups in total. The van der Waals surface area contributed by atoms with Gasteiger partial charge < -0.3 is 5.32 Å². The van der Waals surface area contributed by atoms with E-state index < -0.39 is 0 Å². The molecule has 1 saturated carbocycles. The maximum Gasteiger partial charge on any atom is 0.229 e. The Bertz CT molecular complexity index is 950. The number of nitrogens with zero attached hydrogens (tertiary/aromatic N) is 4. The molecule has 0 spiro atoms. The van der Waals surface area contributed by atoms with Crippen molar-refractivity contribution in [2.24, 2.45) is 4.99 Å². The number of anilines is 2. The SMILES string of the molecule is Cc1cc(C)nc(NC2=NC3CCCCC3N2C(=S)Nc2ccc(C)c(C)c2)n1. The summed E-state index contributed by atoms with van der Waals surface area (Å²) in [5.74, 6) is 1.31. The van der Waals surface area contributed by atoms with Gasteiger partial charge in [-0.2, -0.15) is 0 Å². The third-order valence-corrected chi connectivity index (χ3v) is 6.02. The zero-order valence-corrected chi connectivity index (χ0v) is 18.3. The number of benzene rings is 1. The van der Waals surface area contributed by atoms with Crippen LogP contribution in [0.15, 0.2) is 29.3 Å². The molecule has 0 bridgehead atoms. The van der Waals surface area contributed by atoms with Gasteiger partial charge in [-0.25, -0.2) is 15.0 Å². The predicted molar refractivity (Wildman–Crippen MR) is 123 cm³/mol. The van der Waals surface area contributed by atoms with Crippen molar-refractivity contribution in [3.63, 3.8) is 0 Å². The maximum absolute atomic E-state index is 5.84. The molecule has 2 aromatic rings. The van der Waals surface area contributed by atoms with Crippen molar-refractivity contribution in [2.45, 2.75) is 65.5 Å². The van der Waals surface area contributed by atoms with Gasteiger partial charge in [0.15, 0.2) is 5.11 Å². The number of aryl methyl sites for hydroxylation is 4. The van der Waals surface area contributed by atoms with Crippen molar-refractivity contribution in [3.8, 4) is 0 Å². The summed E-state index contributed by atoms with van der Waals surface area (Å²) < 4.78 is 0. The second kappa shape index (κ2) is 8.06. The highest BCUT2D eigenvalue weighted by molar-refractivity contribution is 7.80. The average molecular weight is 409 g/mol. The van der Waals surface area contributed by atoms with E-state index in [1.807, 2.05) is 19.9 Å². The van der Waals surface area contributed by atoms with Crippen molar-refractivity contribution in [1.82, 2.24) is 14.9 Å². The Morgan fingerprint density at radius 1 is 1.00 bits per heavy atom. The molecule has 1 aromatic carbocycles. The average Bonchev–Trinajstić information content (AvgIpc) is 3.01. The van der Waals surface area contributed by atoms with Gasteiger partial charge in [0.25, 0.3) is 0 Å². The third kappa shape index (κ3) is 4.24. The molecule has 152 valence electrons. The van der Waals surface area contributed by atoms with Crippen LogP contribution >= 0.6 is 12.2 Å². The fraction of sp³-hybridized carbons (Fsp3) is 0.455. The third-order valence-electron chi connectivity index (χ3n) is 5.72. The first kappa shape index (κ1) is 19.8. The smallest absolute Gasteiger partial charge is 0.229 e. The van der Waals surface area contributed by atoms with Crippen LogP contribution in [0.1, 0.15) is 48.2 Å². The summed E-state index contributed by atoms with van der Waals surface area (Å²) in [6.07, 6.45) is 4.59. The van der Waals surface area contributed by atoms with Gasteiger partial charge in [-0.05, 0) is 82.1 Å². The molecule has 0 saturated heterocycles. The number of aromatic nitrogens is 2. The lowest BCUT2D eigenvalue weighted by Gasteiger charge is -2.33. The van der Waals surface area contributed by atoms with Crippen LogP contribution in [0.25, 0.3) is 0 Å². The molecule has 2 aliphatic rings. The van der Waals surface area contributed by atoms with Crippen molar-refractivity contribution in [3.05, 3.63) is 46.8 Å². The van der Waals surface area contributed by atoms with Crippen LogP contribution in [0.3, 0.4) is 0 Å². The lowest BCUT2D eigenvalue weighted by Crippen LogP contribution is -2.49. The van der Waals surface area contributed by atoms with Gasteiger partial charge in [0.2, 0.25) is 11.9 Å². The van der Waals surface area contributed by atoms with Gasteiger partial charge in [-0.3, -0.25) is 10.2 Å². The van der Waals surface area contributed by atoms with Gasteiger partial charge in [0.05, 0.1) is 12.1 Å². The molecule has 4 rings (SSSR count). The van der Waals surface area contributed by atoms with Crippen LogP contribution in [0.5, 0.6) is 0 Å². The molecule has 1 aromatic heterocycles. The first-order chi connectivity index (χ1) is 13.9. The van der Waals surface area contributed by atoms with E-state index in [1.54, 1.807) is 0 Å². The standard InChI is InChI=1S/C22H28N6S/c1-13-9-10-17(11-14(13)2)25-22(29)28-19-8-6-5-7-18(19)26-21(28)27-20-23-15(3)12-16(4)24-20/h9-12,18-19H,5-8H2,1-4H3,(H,25,29)(H,23,24,26,27). The summed E-state index contributed by atoms with van der Waals surface area (Å²) in [6.45, 7) is 8.17. The topological polar surface area (TPSA) is 65.4 Å². The molecule has 2 unspecified atom stereocenters. The van der Waals surface area contributed by atoms with Gasteiger partial charge >= 0.3 is 0 Å². The fourth-order valence-electron chi connectivity index (χ4n) is 4.14. The second-order valence-electron chi connectivity index (χ2n) is 8.07. The summed E-state index contributed by atoms with van der Waals surface area (Å²) in [5, 5.41) is 7.43. The van der Waals surface area contributed by atoms with Crippen LogP contribution in [0.4, 0.5) is 11.6 Å². The molecule has 29 heavy (non-hydrogen) atoms. The van der Waals surface area contributed by atoms with Crippen molar-refractivity contribution in [1.29, 1.82) is 0 Å². The number of fused-ring (bicyclic) bond motifs is 1. The number of aliphatic imine (C=N–C) groups is 1. The van der Waals surface area contributed by atoms with E-state index in [9.17, 15) is 0 Å². The summed E-state index contributed by atoms with van der Waals surface area (Å²) >= 11 is 5.84. The molecule has 1 fully saturated rings. The summed E-state index contributed by atoms with van der Waals surface area (Å²) in [6, 6.07) is 8.82. The van der Waals surface area contributed by atoms with E-state index in [-0.39, 0.29) is 12.1 Å². The molecule has 1 aliphatic heterocycles. The molecule has 0 radical (unpaired) electrons. The Hall–Kier alpha value is -2.54. The van der Waals surface area contributed by atoms with Crippen molar-refractivity contribution >= 4 is 34.9 Å². The minimum atomic E-state index is 0.261. The van der Waals surface area contributed by atoms with Crippen LogP contribution in [-0.4, -0.2) is 38.0 Å². The lowest BCUT2D eigenvalue weighted by molar-refractivity contribution is 0.313. The molecule has 2 atom stereocenters. The molecule has 2 heterocycles. The minimum absolute atomic E-state index is 0.261. The monoisotopic (exact) mass is 408 g/mol. The number of guanidine groups is 1. The van der Waals surface area contributed by atoms with E-state index in [4.69, 9.17) is 17.2 Å². The zero-order chi connectivity index (χ0) is 20.5. The number of rotatable bonds is 2. The largest absolute Gasteiger partial charge is 0.332 e. The molecule has 6 nitrogen and oxygen atoms in total. The second-order valence-corrected chi connectivity index (χ2v) is 8.46. The van der Waals surface area contributed by atoms with E-state index in [1.165, 1.54) is 24.0 Å². The quantitative estimate of drug-likeness (QED) is 0.713. The van der Waals surface area contributed by atoms with Gasteiger partial charge in [0, 0.05) is 17.1 Å². The van der Waals surface area contributed by atoms with Crippen LogP contribution < -0.4 is 10.6 Å². The van der Waals surface area contributed by atoms with E-state index >= 15 is 0 Å². The Labute approximate surface area is 177 Å². The van der Waals surface area contributed by atoms with Gasteiger partial charge in [0.1, 0.15) is 0 Å². The summed E-state index contributed by atoms with van der Waals surface area (Å²) in [4.78, 5) is 16.1. The molecule has 0 amide bonds. The summed E-state index contributed by atoms with van der Waals surface area (Å²) in [5.41, 5.74) is 5.37. The number of thiocarbonyl (C=S) groups is 1. The minimum Gasteiger partial charge on any atom is -0.332 e. The normalized spacial score (nSPS) is 20.8. The van der Waals surface area contributed by atoms with Gasteiger partial charge in [-0.1, -0.05) is 18.9 Å². The van der Waals surface area contributed by atoms with Crippen LogP contribution in [0, 0.1) is 27.7 Å². The van der Waals surface area contributed by atoms with Crippen molar-refractivity contribution < 1.29 is 0 Å². The summed E-state index contributed by atoms with van der Waals surface area (Å²) in [7, 11) is 0. The highest BCUT2D eigenvalue weighted by atomic mass is 32.1. The predicted octanol–water partition coefficient (Wildman–Crippen LogP) is 4.50. The highest BCUT2D eigenvalue weighted by Gasteiger charge is 2.40. The van der Waals surface area contributed by atoms with E-state index in [0.717, 1.165) is 35.9 Å². The molecule has 7 heteroatoms. The molecule has 1 aliphatic carbocycles. The highest BCUT2D eigenvalue weighted by Crippen LogP contribution is 2.32. The maximum atomic E-state index is 5.84. The molecular weight excluding hydrogens is 380 g/mol. The fourth-order valence-corrected chi connectivity index (χ4v) is 4.48. The number of hydrogen-bond acceptors (Lipinski definition) is 5. The Kier molecular flexibility index (Phi) is 5.50. The Balaban J connectivity index is 1.59. The van der Waals surface area contributed by atoms with Crippen molar-refractivity contribution in [2.75, 3.05) is 10.6 Å². The lowest BCUT2D eigenvalue weighted by atomic mass is 9.91. The Morgan fingerprint density at radius 3 is 2.45 bits per heavy atom. The zero-order valence-electron chi connectivity index (χ0n) is 17.5. The van der Waals surface area contributed by atoms with Crippen LogP contribution in [0.2, 0.25) is 0 Å². The van der Waals surface area contributed by atoms with Crippen LogP contribution in [-0.2, 0) is 0 Å². The first-order valence-electron chi connectivity index (χ1n) is 10.3.